The maximum absolute atomic E-state index is 14.5. The van der Waals surface area contributed by atoms with Crippen LogP contribution in [0.2, 0.25) is 0 Å². The first-order valence-electron chi connectivity index (χ1n) is 5.68. The van der Waals surface area contributed by atoms with Crippen molar-refractivity contribution in [3.63, 3.8) is 0 Å². The van der Waals surface area contributed by atoms with Gasteiger partial charge in [0.15, 0.2) is 5.62 Å². The highest BCUT2D eigenvalue weighted by Crippen LogP contribution is 2.42. The number of rotatable bonds is 4. The molecule has 0 radical (unpaired) electrons. The van der Waals surface area contributed by atoms with E-state index in [0.717, 1.165) is 0 Å². The number of amides is 1. The molecule has 2 unspecified atom stereocenters. The SMILES string of the molecule is CNCCOC1=C2C(=O)NC(Cl)N=C2C(F)(Cl)C(Br)=C1. The van der Waals surface area contributed by atoms with Crippen LogP contribution >= 0.6 is 39.1 Å². The molecular weight excluding hydrogens is 376 g/mol. The van der Waals surface area contributed by atoms with Crippen molar-refractivity contribution in [2.45, 2.75) is 10.8 Å². The van der Waals surface area contributed by atoms with Crippen LogP contribution in [0.5, 0.6) is 0 Å². The van der Waals surface area contributed by atoms with E-state index in [0.29, 0.717) is 13.2 Å². The molecule has 5 nitrogen and oxygen atoms in total. The van der Waals surface area contributed by atoms with Crippen molar-refractivity contribution in [1.82, 2.24) is 10.6 Å². The molecule has 0 saturated heterocycles. The molecule has 0 saturated carbocycles. The number of carbonyl (C=O) groups is 1. The molecule has 0 aromatic rings. The van der Waals surface area contributed by atoms with E-state index in [1.165, 1.54) is 6.08 Å². The third kappa shape index (κ3) is 2.86. The summed E-state index contributed by atoms with van der Waals surface area (Å²) in [5, 5.41) is 2.83. The number of carbonyl (C=O) groups excluding carboxylic acids is 1. The van der Waals surface area contributed by atoms with Crippen molar-refractivity contribution >= 4 is 50.8 Å². The Bertz CT molecular complexity index is 534. The predicted molar refractivity (Wildman–Crippen MR) is 78.8 cm³/mol. The molecule has 2 rings (SSSR count). The lowest BCUT2D eigenvalue weighted by atomic mass is 9.97. The van der Waals surface area contributed by atoms with Gasteiger partial charge in [-0.05, 0) is 13.1 Å². The molecule has 2 N–H and O–H groups in total. The zero-order chi connectivity index (χ0) is 14.9. The van der Waals surface area contributed by atoms with Crippen molar-refractivity contribution in [2.24, 2.45) is 4.99 Å². The van der Waals surface area contributed by atoms with Gasteiger partial charge < -0.3 is 15.4 Å². The summed E-state index contributed by atoms with van der Waals surface area (Å²) in [4.78, 5) is 15.8. The van der Waals surface area contributed by atoms with Gasteiger partial charge in [0.1, 0.15) is 23.7 Å². The second kappa shape index (κ2) is 6.01. The Morgan fingerprint density at radius 2 is 2.40 bits per heavy atom. The Balaban J connectivity index is 2.45. The van der Waals surface area contributed by atoms with Crippen LogP contribution in [-0.2, 0) is 9.53 Å². The van der Waals surface area contributed by atoms with E-state index in [4.69, 9.17) is 27.9 Å². The number of allylic oxidation sites excluding steroid dienone is 2. The molecule has 0 aromatic carbocycles. The van der Waals surface area contributed by atoms with Gasteiger partial charge in [-0.25, -0.2) is 9.38 Å². The van der Waals surface area contributed by atoms with Gasteiger partial charge in [-0.15, -0.1) is 0 Å². The highest BCUT2D eigenvalue weighted by molar-refractivity contribution is 9.11. The Morgan fingerprint density at radius 1 is 1.70 bits per heavy atom. The lowest BCUT2D eigenvalue weighted by Gasteiger charge is -2.31. The smallest absolute Gasteiger partial charge is 0.259 e. The van der Waals surface area contributed by atoms with Gasteiger partial charge in [0, 0.05) is 6.54 Å². The third-order valence-electron chi connectivity index (χ3n) is 2.67. The molecule has 2 atom stereocenters. The zero-order valence-corrected chi connectivity index (χ0v) is 13.4. The fourth-order valence-electron chi connectivity index (χ4n) is 1.73. The van der Waals surface area contributed by atoms with Crippen LogP contribution in [-0.4, -0.2) is 42.6 Å². The molecule has 1 aliphatic carbocycles. The minimum absolute atomic E-state index is 0.00666. The van der Waals surface area contributed by atoms with Crippen molar-refractivity contribution in [1.29, 1.82) is 0 Å². The topological polar surface area (TPSA) is 62.7 Å². The molecular formula is C11H11BrCl2FN3O2. The lowest BCUT2D eigenvalue weighted by Crippen LogP contribution is -2.47. The number of alkyl halides is 3. The minimum atomic E-state index is -2.43. The molecule has 1 aliphatic heterocycles. The van der Waals surface area contributed by atoms with Crippen LogP contribution in [0.4, 0.5) is 4.39 Å². The number of nitrogens with one attached hydrogen (secondary N) is 2. The molecule has 20 heavy (non-hydrogen) atoms. The average Bonchev–Trinajstić information content (AvgIpc) is 2.35. The Morgan fingerprint density at radius 3 is 3.05 bits per heavy atom. The van der Waals surface area contributed by atoms with Crippen molar-refractivity contribution < 1.29 is 13.9 Å². The number of aliphatic imine (C=N–C) groups is 1. The molecule has 1 amide bonds. The van der Waals surface area contributed by atoms with Gasteiger partial charge in [0.25, 0.3) is 11.0 Å². The lowest BCUT2D eigenvalue weighted by molar-refractivity contribution is -0.117. The predicted octanol–water partition coefficient (Wildman–Crippen LogP) is 1.77. The molecule has 0 fully saturated rings. The third-order valence-corrected chi connectivity index (χ3v) is 4.26. The molecule has 2 aliphatic rings. The normalized spacial score (nSPS) is 29.4. The van der Waals surface area contributed by atoms with Gasteiger partial charge in [-0.3, -0.25) is 4.79 Å². The highest BCUT2D eigenvalue weighted by atomic mass is 79.9. The first kappa shape index (κ1) is 15.8. The summed E-state index contributed by atoms with van der Waals surface area (Å²) in [6.45, 7) is 0.870. The fraction of sp³-hybridized carbons (Fsp3) is 0.455. The molecule has 0 bridgehead atoms. The summed E-state index contributed by atoms with van der Waals surface area (Å²) >= 11 is 14.6. The number of nitrogens with zero attached hydrogens (tertiary/aromatic N) is 1. The number of hydrogen-bond acceptors (Lipinski definition) is 4. The van der Waals surface area contributed by atoms with Crippen LogP contribution in [0.3, 0.4) is 0 Å². The van der Waals surface area contributed by atoms with E-state index in [2.05, 4.69) is 31.6 Å². The van der Waals surface area contributed by atoms with Crippen molar-refractivity contribution in [2.75, 3.05) is 20.2 Å². The maximum Gasteiger partial charge on any atom is 0.259 e. The van der Waals surface area contributed by atoms with Crippen molar-refractivity contribution in [3.8, 4) is 0 Å². The van der Waals surface area contributed by atoms with Crippen LogP contribution in [0.1, 0.15) is 0 Å². The van der Waals surface area contributed by atoms with E-state index >= 15 is 0 Å². The first-order valence-corrected chi connectivity index (χ1v) is 7.29. The van der Waals surface area contributed by atoms with Gasteiger partial charge in [0.2, 0.25) is 0 Å². The van der Waals surface area contributed by atoms with Crippen LogP contribution < -0.4 is 10.6 Å². The summed E-state index contributed by atoms with van der Waals surface area (Å²) in [7, 11) is 1.76. The summed E-state index contributed by atoms with van der Waals surface area (Å²) in [5.41, 5.74) is -1.36. The van der Waals surface area contributed by atoms with Gasteiger partial charge in [0.05, 0.1) is 4.48 Å². The van der Waals surface area contributed by atoms with E-state index in [9.17, 15) is 9.18 Å². The number of hydrogen-bond donors (Lipinski definition) is 2. The van der Waals surface area contributed by atoms with E-state index in [1.807, 2.05) is 0 Å². The molecule has 110 valence electrons. The van der Waals surface area contributed by atoms with Crippen LogP contribution in [0.25, 0.3) is 0 Å². The standard InChI is InChI=1S/C11H11BrCl2FN3O2/c1-16-2-3-20-5-4-6(12)11(14,15)8-7(5)9(19)18-10(13)17-8/h4,10,16H,2-3H2,1H3,(H,18,19). The van der Waals surface area contributed by atoms with Crippen molar-refractivity contribution in [3.05, 3.63) is 21.9 Å². The Hall–Kier alpha value is -0.630. The van der Waals surface area contributed by atoms with E-state index in [-0.39, 0.29) is 21.5 Å². The Kier molecular flexibility index (Phi) is 4.73. The minimum Gasteiger partial charge on any atom is -0.491 e. The maximum atomic E-state index is 14.5. The monoisotopic (exact) mass is 385 g/mol. The summed E-state index contributed by atoms with van der Waals surface area (Å²) < 4.78 is 20.0. The second-order valence-electron chi connectivity index (χ2n) is 4.04. The number of likely N-dealkylation sites (N-methyl/N-ethyl adjacent to an activating group) is 1. The Labute approximate surface area is 133 Å². The van der Waals surface area contributed by atoms with E-state index in [1.54, 1.807) is 7.05 Å². The molecule has 1 heterocycles. The zero-order valence-electron chi connectivity index (χ0n) is 10.3. The number of halogens is 4. The molecule has 0 spiro atoms. The summed E-state index contributed by atoms with van der Waals surface area (Å²) in [5.74, 6) is -0.380. The number of ether oxygens (including phenoxy) is 1. The van der Waals surface area contributed by atoms with Gasteiger partial charge >= 0.3 is 0 Å². The van der Waals surface area contributed by atoms with Gasteiger partial charge in [-0.1, -0.05) is 39.1 Å². The van der Waals surface area contributed by atoms with Gasteiger partial charge in [-0.2, -0.15) is 0 Å². The fourth-order valence-corrected chi connectivity index (χ4v) is 2.52. The molecule has 9 heteroatoms. The van der Waals surface area contributed by atoms with E-state index < -0.39 is 16.7 Å². The quantitative estimate of drug-likeness (QED) is 0.439. The second-order valence-corrected chi connectivity index (χ2v) is 5.83. The summed E-state index contributed by atoms with van der Waals surface area (Å²) in [6.07, 6.45) is 1.32. The highest BCUT2D eigenvalue weighted by Gasteiger charge is 2.47. The van der Waals surface area contributed by atoms with Crippen LogP contribution in [0, 0.1) is 0 Å². The summed E-state index contributed by atoms with van der Waals surface area (Å²) in [6, 6.07) is 0. The molecule has 0 aromatic heterocycles. The largest absolute Gasteiger partial charge is 0.491 e. The average molecular weight is 387 g/mol. The number of fused-ring (bicyclic) bond motifs is 1. The first-order chi connectivity index (χ1) is 9.37. The van der Waals surface area contributed by atoms with Crippen LogP contribution in [0.15, 0.2) is 26.9 Å².